The molecule has 1 saturated heterocycles. The Kier molecular flexibility index (Phi) is 3.13. The van der Waals surface area contributed by atoms with Gasteiger partial charge in [-0.15, -0.1) is 11.3 Å². The van der Waals surface area contributed by atoms with Crippen molar-refractivity contribution in [2.45, 2.75) is 12.8 Å². The molecule has 0 spiro atoms. The number of aromatic nitrogens is 1. The molecular weight excluding hydrogens is 260 g/mol. The van der Waals surface area contributed by atoms with Gasteiger partial charge in [-0.05, 0) is 12.1 Å². The van der Waals surface area contributed by atoms with Crippen LogP contribution in [0.15, 0.2) is 41.9 Å². The molecular formula is C14H12N2O2S. The molecule has 1 fully saturated rings. The highest BCUT2D eigenvalue weighted by atomic mass is 32.1. The zero-order valence-corrected chi connectivity index (χ0v) is 11.0. The summed E-state index contributed by atoms with van der Waals surface area (Å²) < 4.78 is 0. The third kappa shape index (κ3) is 2.29. The number of anilines is 1. The summed E-state index contributed by atoms with van der Waals surface area (Å²) in [4.78, 5) is 29.8. The molecule has 1 aliphatic heterocycles. The fourth-order valence-corrected chi connectivity index (χ4v) is 2.97. The largest absolute Gasteiger partial charge is 0.274 e. The molecule has 0 aliphatic carbocycles. The fourth-order valence-electron chi connectivity index (χ4n) is 2.27. The zero-order valence-electron chi connectivity index (χ0n) is 10.2. The second-order valence-corrected chi connectivity index (χ2v) is 5.41. The van der Waals surface area contributed by atoms with Crippen LogP contribution in [-0.4, -0.2) is 16.8 Å². The summed E-state index contributed by atoms with van der Waals surface area (Å²) in [6.45, 7) is 0. The van der Waals surface area contributed by atoms with E-state index in [1.807, 2.05) is 23.6 Å². The molecule has 0 radical (unpaired) electrons. The van der Waals surface area contributed by atoms with E-state index in [2.05, 4.69) is 4.98 Å². The second kappa shape index (κ2) is 4.93. The summed E-state index contributed by atoms with van der Waals surface area (Å²) in [5, 5.41) is 2.78. The molecule has 2 amide bonds. The molecule has 96 valence electrons. The first-order valence-corrected chi connectivity index (χ1v) is 6.94. The van der Waals surface area contributed by atoms with Crippen LogP contribution in [0.1, 0.15) is 11.4 Å². The van der Waals surface area contributed by atoms with Crippen molar-refractivity contribution >= 4 is 28.8 Å². The van der Waals surface area contributed by atoms with E-state index in [0.29, 0.717) is 12.1 Å². The summed E-state index contributed by atoms with van der Waals surface area (Å²) >= 11 is 1.52. The van der Waals surface area contributed by atoms with Gasteiger partial charge in [0.2, 0.25) is 11.8 Å². The molecule has 19 heavy (non-hydrogen) atoms. The molecule has 1 unspecified atom stereocenters. The quantitative estimate of drug-likeness (QED) is 0.805. The van der Waals surface area contributed by atoms with E-state index >= 15 is 0 Å². The van der Waals surface area contributed by atoms with Crippen molar-refractivity contribution in [3.05, 3.63) is 46.9 Å². The lowest BCUT2D eigenvalue weighted by Gasteiger charge is -2.14. The van der Waals surface area contributed by atoms with Gasteiger partial charge in [-0.2, -0.15) is 0 Å². The van der Waals surface area contributed by atoms with Crippen LogP contribution >= 0.6 is 11.3 Å². The van der Waals surface area contributed by atoms with Crippen molar-refractivity contribution in [2.75, 3.05) is 4.90 Å². The van der Waals surface area contributed by atoms with Gasteiger partial charge < -0.3 is 0 Å². The molecule has 4 nitrogen and oxygen atoms in total. The number of hydrogen-bond acceptors (Lipinski definition) is 4. The Morgan fingerprint density at radius 3 is 2.74 bits per heavy atom. The van der Waals surface area contributed by atoms with Crippen molar-refractivity contribution in [2.24, 2.45) is 5.92 Å². The number of benzene rings is 1. The molecule has 1 aliphatic rings. The van der Waals surface area contributed by atoms with Gasteiger partial charge in [0, 0.05) is 24.4 Å². The SMILES string of the molecule is O=C1CC(Cc2nccs2)C(=O)N1c1ccccc1. The molecule has 1 aromatic carbocycles. The molecule has 1 atom stereocenters. The van der Waals surface area contributed by atoms with Crippen LogP contribution in [0.25, 0.3) is 0 Å². The third-order valence-electron chi connectivity index (χ3n) is 3.16. The lowest BCUT2D eigenvalue weighted by Crippen LogP contribution is -2.30. The van der Waals surface area contributed by atoms with Crippen LogP contribution in [0.2, 0.25) is 0 Å². The zero-order chi connectivity index (χ0) is 13.2. The minimum Gasteiger partial charge on any atom is -0.274 e. The smallest absolute Gasteiger partial charge is 0.237 e. The summed E-state index contributed by atoms with van der Waals surface area (Å²) in [5.41, 5.74) is 0.652. The van der Waals surface area contributed by atoms with Gasteiger partial charge >= 0.3 is 0 Å². The molecule has 5 heteroatoms. The van der Waals surface area contributed by atoms with Crippen molar-refractivity contribution in [1.29, 1.82) is 0 Å². The lowest BCUT2D eigenvalue weighted by atomic mass is 10.0. The van der Waals surface area contributed by atoms with Crippen LogP contribution in [0.5, 0.6) is 0 Å². The van der Waals surface area contributed by atoms with E-state index in [9.17, 15) is 9.59 Å². The normalized spacial score (nSPS) is 19.2. The average molecular weight is 272 g/mol. The summed E-state index contributed by atoms with van der Waals surface area (Å²) in [6.07, 6.45) is 2.54. The Morgan fingerprint density at radius 1 is 1.26 bits per heavy atom. The monoisotopic (exact) mass is 272 g/mol. The van der Waals surface area contributed by atoms with Gasteiger partial charge in [-0.3, -0.25) is 14.5 Å². The Morgan fingerprint density at radius 2 is 2.05 bits per heavy atom. The van der Waals surface area contributed by atoms with Gasteiger partial charge in [0.25, 0.3) is 0 Å². The predicted octanol–water partition coefficient (Wildman–Crippen LogP) is 2.27. The van der Waals surface area contributed by atoms with Crippen molar-refractivity contribution < 1.29 is 9.59 Å². The molecule has 3 rings (SSSR count). The first-order chi connectivity index (χ1) is 9.25. The van der Waals surface area contributed by atoms with E-state index in [0.717, 1.165) is 5.01 Å². The first-order valence-electron chi connectivity index (χ1n) is 6.06. The molecule has 2 aromatic rings. The van der Waals surface area contributed by atoms with Crippen molar-refractivity contribution in [3.63, 3.8) is 0 Å². The maximum atomic E-state index is 12.3. The van der Waals surface area contributed by atoms with E-state index in [4.69, 9.17) is 0 Å². The number of amides is 2. The first kappa shape index (κ1) is 12.0. The highest BCUT2D eigenvalue weighted by molar-refractivity contribution is 7.09. The maximum absolute atomic E-state index is 12.3. The number of imide groups is 1. The van der Waals surface area contributed by atoms with E-state index < -0.39 is 0 Å². The number of para-hydroxylation sites is 1. The van der Waals surface area contributed by atoms with Gasteiger partial charge in [0.15, 0.2) is 0 Å². The Hall–Kier alpha value is -2.01. The topological polar surface area (TPSA) is 50.3 Å². The summed E-state index contributed by atoms with van der Waals surface area (Å²) in [5.74, 6) is -0.525. The Labute approximate surface area is 114 Å². The molecule has 0 bridgehead atoms. The lowest BCUT2D eigenvalue weighted by molar-refractivity contribution is -0.122. The van der Waals surface area contributed by atoms with Crippen LogP contribution in [-0.2, 0) is 16.0 Å². The maximum Gasteiger partial charge on any atom is 0.237 e. The molecule has 2 heterocycles. The number of hydrogen-bond donors (Lipinski definition) is 0. The summed E-state index contributed by atoms with van der Waals surface area (Å²) in [7, 11) is 0. The Balaban J connectivity index is 1.82. The summed E-state index contributed by atoms with van der Waals surface area (Å²) in [6, 6.07) is 9.07. The predicted molar refractivity (Wildman–Crippen MR) is 72.9 cm³/mol. The van der Waals surface area contributed by atoms with Crippen LogP contribution in [0.4, 0.5) is 5.69 Å². The number of carbonyl (C=O) groups is 2. The average Bonchev–Trinajstić information content (AvgIpc) is 3.01. The third-order valence-corrected chi connectivity index (χ3v) is 3.96. The van der Waals surface area contributed by atoms with Crippen molar-refractivity contribution in [3.8, 4) is 0 Å². The van der Waals surface area contributed by atoms with Gasteiger partial charge in [-0.25, -0.2) is 4.98 Å². The second-order valence-electron chi connectivity index (χ2n) is 4.43. The van der Waals surface area contributed by atoms with Gasteiger partial charge in [-0.1, -0.05) is 18.2 Å². The number of nitrogens with zero attached hydrogens (tertiary/aromatic N) is 2. The molecule has 0 N–H and O–H groups in total. The fraction of sp³-hybridized carbons (Fsp3) is 0.214. The van der Waals surface area contributed by atoms with Crippen LogP contribution in [0.3, 0.4) is 0 Å². The van der Waals surface area contributed by atoms with Gasteiger partial charge in [0.05, 0.1) is 16.6 Å². The van der Waals surface area contributed by atoms with E-state index in [1.54, 1.807) is 18.3 Å². The number of rotatable bonds is 3. The van der Waals surface area contributed by atoms with Gasteiger partial charge in [0.1, 0.15) is 0 Å². The molecule has 0 saturated carbocycles. The van der Waals surface area contributed by atoms with Crippen molar-refractivity contribution in [1.82, 2.24) is 4.98 Å². The highest BCUT2D eigenvalue weighted by Gasteiger charge is 2.39. The number of carbonyl (C=O) groups excluding carboxylic acids is 2. The van der Waals surface area contributed by atoms with E-state index in [-0.39, 0.29) is 24.2 Å². The minimum absolute atomic E-state index is 0.119. The molecule has 1 aromatic heterocycles. The standard InChI is InChI=1S/C14H12N2O2S/c17-13-9-10(8-12-15-6-7-19-12)14(18)16(13)11-4-2-1-3-5-11/h1-7,10H,8-9H2. The number of thiazole rings is 1. The minimum atomic E-state index is -0.279. The van der Waals surface area contributed by atoms with Crippen LogP contribution < -0.4 is 4.90 Å². The van der Waals surface area contributed by atoms with E-state index in [1.165, 1.54) is 16.2 Å². The highest BCUT2D eigenvalue weighted by Crippen LogP contribution is 2.28. The van der Waals surface area contributed by atoms with Crippen LogP contribution in [0, 0.1) is 5.92 Å². The Bertz CT molecular complexity index is 595.